The number of aryl methyl sites for hydroxylation is 1. The Morgan fingerprint density at radius 2 is 2.02 bits per heavy atom. The van der Waals surface area contributed by atoms with Crippen molar-refractivity contribution in [2.24, 2.45) is 17.0 Å². The number of benzene rings is 1. The standard InChI is InChI=1S/C44H62N8S/c1-8-10-18-44(6,7)26-37-35-23-32(39-29-53-41(49-39)25-38(45)31(5)14-11-12-19-48-46)16-17-40(35)52(9-2)43(37)36-24-34(27-47-42(36)30(3)4)51-22-21-50-20-13-15-33(50)28-51/h1,16-17,23-24,27,29-30,33,38,48H,5,9-15,18-22,25-26,28,45-46H2,2-4,6-7H3. The van der Waals surface area contributed by atoms with E-state index in [-0.39, 0.29) is 17.4 Å². The number of anilines is 1. The van der Waals surface area contributed by atoms with Gasteiger partial charge in [-0.1, -0.05) is 45.9 Å². The average Bonchev–Trinajstić information content (AvgIpc) is 3.89. The summed E-state index contributed by atoms with van der Waals surface area (Å²) in [5.41, 5.74) is 20.2. The molecule has 2 atom stereocenters. The van der Waals surface area contributed by atoms with E-state index in [1.165, 1.54) is 52.8 Å². The highest BCUT2D eigenvalue weighted by Crippen LogP contribution is 2.43. The van der Waals surface area contributed by atoms with Crippen LogP contribution in [0.15, 0.2) is 48.0 Å². The molecule has 0 amide bonds. The number of unbranched alkanes of at least 4 members (excludes halogenated alkanes) is 1. The van der Waals surface area contributed by atoms with Gasteiger partial charge in [0, 0.05) is 85.1 Å². The topological polar surface area (TPSA) is 101 Å². The quantitative estimate of drug-likeness (QED) is 0.0330. The molecule has 0 bridgehead atoms. The number of thiazole rings is 1. The van der Waals surface area contributed by atoms with Crippen LogP contribution in [0, 0.1) is 17.8 Å². The van der Waals surface area contributed by atoms with Crippen molar-refractivity contribution in [2.45, 2.75) is 117 Å². The lowest BCUT2D eigenvalue weighted by Crippen LogP contribution is -2.50. The largest absolute Gasteiger partial charge is 0.367 e. The van der Waals surface area contributed by atoms with Crippen LogP contribution >= 0.6 is 11.3 Å². The summed E-state index contributed by atoms with van der Waals surface area (Å²) in [7, 11) is 0. The number of nitrogens with zero attached hydrogens (tertiary/aromatic N) is 5. The second-order valence-corrected chi connectivity index (χ2v) is 17.4. The van der Waals surface area contributed by atoms with Gasteiger partial charge in [0.1, 0.15) is 0 Å². The van der Waals surface area contributed by atoms with Crippen molar-refractivity contribution in [1.29, 1.82) is 0 Å². The molecule has 3 aromatic heterocycles. The maximum Gasteiger partial charge on any atom is 0.0951 e. The van der Waals surface area contributed by atoms with Crippen LogP contribution in [0.1, 0.15) is 102 Å². The third-order valence-electron chi connectivity index (χ3n) is 11.6. The molecule has 0 spiro atoms. The Morgan fingerprint density at radius 3 is 2.77 bits per heavy atom. The van der Waals surface area contributed by atoms with E-state index in [2.05, 4.69) is 103 Å². The molecule has 9 heteroatoms. The number of aromatic nitrogens is 3. The normalized spacial score (nSPS) is 17.1. The minimum absolute atomic E-state index is 0.0129. The summed E-state index contributed by atoms with van der Waals surface area (Å²) in [5, 5.41) is 4.52. The molecule has 1 aromatic carbocycles. The number of nitrogens with one attached hydrogen (secondary N) is 1. The Balaban J connectivity index is 1.40. The number of piperazine rings is 1. The number of fused-ring (bicyclic) bond motifs is 2. The number of hydrazine groups is 1. The number of pyridine rings is 1. The molecular weight excluding hydrogens is 673 g/mol. The highest BCUT2D eigenvalue weighted by molar-refractivity contribution is 7.10. The number of terminal acetylenes is 1. The fourth-order valence-electron chi connectivity index (χ4n) is 8.52. The fourth-order valence-corrected chi connectivity index (χ4v) is 9.39. The first-order chi connectivity index (χ1) is 25.5. The van der Waals surface area contributed by atoms with E-state index in [0.717, 1.165) is 98.8 Å². The Bertz CT molecular complexity index is 1910. The predicted octanol–water partition coefficient (Wildman–Crippen LogP) is 8.30. The summed E-state index contributed by atoms with van der Waals surface area (Å²) in [4.78, 5) is 15.6. The van der Waals surface area contributed by atoms with Gasteiger partial charge < -0.3 is 15.2 Å². The monoisotopic (exact) mass is 734 g/mol. The molecule has 284 valence electrons. The second-order valence-electron chi connectivity index (χ2n) is 16.4. The maximum atomic E-state index is 6.61. The summed E-state index contributed by atoms with van der Waals surface area (Å²) in [6.45, 7) is 22.0. The van der Waals surface area contributed by atoms with Crippen molar-refractivity contribution in [2.75, 3.05) is 37.6 Å². The predicted molar refractivity (Wildman–Crippen MR) is 225 cm³/mol. The van der Waals surface area contributed by atoms with Crippen molar-refractivity contribution in [3.63, 3.8) is 0 Å². The third-order valence-corrected chi connectivity index (χ3v) is 12.5. The molecule has 6 rings (SSSR count). The van der Waals surface area contributed by atoms with Crippen LogP contribution in [0.25, 0.3) is 33.4 Å². The van der Waals surface area contributed by atoms with Crippen LogP contribution in [-0.4, -0.2) is 64.2 Å². The lowest BCUT2D eigenvalue weighted by Gasteiger charge is -2.39. The Morgan fingerprint density at radius 1 is 1.19 bits per heavy atom. The van der Waals surface area contributed by atoms with E-state index in [1.54, 1.807) is 11.3 Å². The number of hydrogen-bond donors (Lipinski definition) is 3. The zero-order chi connectivity index (χ0) is 37.7. The molecule has 0 aliphatic carbocycles. The van der Waals surface area contributed by atoms with Gasteiger partial charge in [-0.25, -0.2) is 4.98 Å². The van der Waals surface area contributed by atoms with E-state index in [9.17, 15) is 0 Å². The van der Waals surface area contributed by atoms with Gasteiger partial charge in [0.05, 0.1) is 34.0 Å². The molecule has 2 aliphatic rings. The number of hydrogen-bond acceptors (Lipinski definition) is 8. The summed E-state index contributed by atoms with van der Waals surface area (Å²) >= 11 is 1.69. The van der Waals surface area contributed by atoms with Gasteiger partial charge in [0.2, 0.25) is 0 Å². The molecule has 2 saturated heterocycles. The van der Waals surface area contributed by atoms with E-state index in [1.807, 2.05) is 0 Å². The molecule has 0 saturated carbocycles. The number of nitrogens with two attached hydrogens (primary N) is 2. The Kier molecular flexibility index (Phi) is 12.8. The van der Waals surface area contributed by atoms with Crippen molar-refractivity contribution >= 4 is 27.9 Å². The summed E-state index contributed by atoms with van der Waals surface area (Å²) in [5.74, 6) is 8.62. The molecule has 2 fully saturated rings. The Labute approximate surface area is 322 Å². The zero-order valence-electron chi connectivity index (χ0n) is 32.9. The van der Waals surface area contributed by atoms with E-state index in [4.69, 9.17) is 28.0 Å². The van der Waals surface area contributed by atoms with Crippen LogP contribution in [-0.2, 0) is 19.4 Å². The fraction of sp³-hybridized carbons (Fsp3) is 0.545. The van der Waals surface area contributed by atoms with Gasteiger partial charge >= 0.3 is 0 Å². The molecular formula is C44H62N8S. The van der Waals surface area contributed by atoms with Crippen molar-refractivity contribution < 1.29 is 0 Å². The van der Waals surface area contributed by atoms with Crippen molar-refractivity contribution in [3.8, 4) is 34.9 Å². The van der Waals surface area contributed by atoms with Crippen LogP contribution in [0.2, 0.25) is 0 Å². The van der Waals surface area contributed by atoms with Crippen LogP contribution in [0.3, 0.4) is 0 Å². The molecule has 4 aromatic rings. The van der Waals surface area contributed by atoms with E-state index < -0.39 is 0 Å². The first-order valence-electron chi connectivity index (χ1n) is 19.9. The van der Waals surface area contributed by atoms with Gasteiger partial charge in [-0.15, -0.1) is 23.7 Å². The van der Waals surface area contributed by atoms with Gasteiger partial charge in [-0.2, -0.15) is 0 Å². The second kappa shape index (κ2) is 17.3. The lowest BCUT2D eigenvalue weighted by atomic mass is 9.80. The lowest BCUT2D eigenvalue weighted by molar-refractivity contribution is 0.231. The van der Waals surface area contributed by atoms with E-state index >= 15 is 0 Å². The van der Waals surface area contributed by atoms with Gasteiger partial charge in [-0.3, -0.25) is 21.2 Å². The van der Waals surface area contributed by atoms with Gasteiger partial charge in [-0.05, 0) is 93.5 Å². The molecule has 2 unspecified atom stereocenters. The van der Waals surface area contributed by atoms with E-state index in [0.29, 0.717) is 12.5 Å². The summed E-state index contributed by atoms with van der Waals surface area (Å²) in [6, 6.07) is 9.94. The molecule has 8 nitrogen and oxygen atoms in total. The van der Waals surface area contributed by atoms with Crippen LogP contribution in [0.4, 0.5) is 5.69 Å². The summed E-state index contributed by atoms with van der Waals surface area (Å²) < 4.78 is 2.54. The third kappa shape index (κ3) is 8.90. The molecule has 0 radical (unpaired) electrons. The minimum Gasteiger partial charge on any atom is -0.367 e. The zero-order valence-corrected chi connectivity index (χ0v) is 33.7. The highest BCUT2D eigenvalue weighted by Gasteiger charge is 2.32. The highest BCUT2D eigenvalue weighted by atomic mass is 32.1. The maximum absolute atomic E-state index is 6.61. The SMILES string of the molecule is C#CCCC(C)(C)Cc1c(-c2cc(N3CCN4CCCC4C3)cnc2C(C)C)n(CC)c2ccc(-c3csc(CC(N)C(=C)CCCCNN)n3)cc12. The van der Waals surface area contributed by atoms with Crippen molar-refractivity contribution in [3.05, 3.63) is 64.3 Å². The number of rotatable bonds is 17. The average molecular weight is 735 g/mol. The molecule has 2 aliphatic heterocycles. The smallest absolute Gasteiger partial charge is 0.0951 e. The van der Waals surface area contributed by atoms with Gasteiger partial charge in [0.25, 0.3) is 0 Å². The van der Waals surface area contributed by atoms with Crippen molar-refractivity contribution in [1.82, 2.24) is 24.9 Å². The summed E-state index contributed by atoms with van der Waals surface area (Å²) in [6.07, 6.45) is 16.8. The molecule has 5 N–H and O–H groups in total. The van der Waals surface area contributed by atoms with Crippen LogP contribution in [0.5, 0.6) is 0 Å². The Hall–Kier alpha value is -3.52. The first-order valence-corrected chi connectivity index (χ1v) is 20.8. The van der Waals surface area contributed by atoms with Gasteiger partial charge in [0.15, 0.2) is 0 Å². The van der Waals surface area contributed by atoms with Crippen LogP contribution < -0.4 is 21.9 Å². The first kappa shape index (κ1) is 39.2. The molecule has 53 heavy (non-hydrogen) atoms. The molecule has 5 heterocycles. The minimum atomic E-state index is -0.109.